The van der Waals surface area contributed by atoms with Crippen LogP contribution in [-0.4, -0.2) is 51.3 Å². The molecule has 0 aliphatic carbocycles. The first kappa shape index (κ1) is 9.96. The summed E-state index contributed by atoms with van der Waals surface area (Å²) in [6, 6.07) is 0. The number of ether oxygens (including phenoxy) is 1. The van der Waals surface area contributed by atoms with Crippen LogP contribution in [0.3, 0.4) is 0 Å². The van der Waals surface area contributed by atoms with Crippen LogP contribution in [0, 0.1) is 0 Å². The van der Waals surface area contributed by atoms with Gasteiger partial charge < -0.3 is 15.0 Å². The van der Waals surface area contributed by atoms with Gasteiger partial charge in [-0.25, -0.2) is 0 Å². The topological polar surface area (TPSA) is 24.5 Å². The van der Waals surface area contributed by atoms with Crippen LogP contribution in [0.4, 0.5) is 0 Å². The zero-order valence-corrected chi connectivity index (χ0v) is 8.18. The summed E-state index contributed by atoms with van der Waals surface area (Å²) in [6.45, 7) is 4.20. The highest BCUT2D eigenvalue weighted by molar-refractivity contribution is 4.74. The van der Waals surface area contributed by atoms with E-state index in [4.69, 9.17) is 4.74 Å². The Hall–Kier alpha value is -0.120. The number of nitrogens with zero attached hydrogens (tertiary/aromatic N) is 1. The van der Waals surface area contributed by atoms with Gasteiger partial charge in [-0.1, -0.05) is 0 Å². The highest BCUT2D eigenvalue weighted by atomic mass is 16.5. The second kappa shape index (κ2) is 5.51. The molecule has 3 nitrogen and oxygen atoms in total. The van der Waals surface area contributed by atoms with Crippen LogP contribution >= 0.6 is 0 Å². The van der Waals surface area contributed by atoms with E-state index >= 15 is 0 Å². The zero-order valence-electron chi connectivity index (χ0n) is 8.18. The van der Waals surface area contributed by atoms with Gasteiger partial charge in [-0.05, 0) is 33.5 Å². The van der Waals surface area contributed by atoms with Crippen LogP contribution in [0.25, 0.3) is 0 Å². The van der Waals surface area contributed by atoms with E-state index in [1.165, 1.54) is 19.4 Å². The summed E-state index contributed by atoms with van der Waals surface area (Å²) in [4.78, 5) is 2.21. The second-order valence-electron chi connectivity index (χ2n) is 3.66. The number of nitrogens with one attached hydrogen (secondary N) is 1. The van der Waals surface area contributed by atoms with Crippen molar-refractivity contribution in [3.05, 3.63) is 0 Å². The minimum absolute atomic E-state index is 0.504. The summed E-state index contributed by atoms with van der Waals surface area (Å²) < 4.78 is 5.58. The molecule has 0 radical (unpaired) electrons. The van der Waals surface area contributed by atoms with E-state index in [1.807, 2.05) is 0 Å². The fourth-order valence-electron chi connectivity index (χ4n) is 1.16. The Morgan fingerprint density at radius 3 is 2.58 bits per heavy atom. The first-order valence-corrected chi connectivity index (χ1v) is 4.76. The molecule has 12 heavy (non-hydrogen) atoms. The predicted octanol–water partition coefficient (Wildman–Crippen LogP) is 0.317. The second-order valence-corrected chi connectivity index (χ2v) is 3.66. The van der Waals surface area contributed by atoms with Crippen molar-refractivity contribution < 1.29 is 4.74 Å². The van der Waals surface area contributed by atoms with E-state index in [-0.39, 0.29) is 0 Å². The Bertz CT molecular complexity index is 113. The van der Waals surface area contributed by atoms with Gasteiger partial charge in [-0.2, -0.15) is 0 Å². The molecule has 0 spiro atoms. The molecule has 0 aromatic rings. The standard InChI is InChI=1S/C9H20N2O/c1-11(2)5-3-4-6-12-9-7-10-8-9/h9-10H,3-8H2,1-2H3. The Morgan fingerprint density at radius 2 is 2.08 bits per heavy atom. The SMILES string of the molecule is CN(C)CCCCOC1CNC1. The van der Waals surface area contributed by atoms with Gasteiger partial charge in [-0.3, -0.25) is 0 Å². The van der Waals surface area contributed by atoms with Crippen LogP contribution in [-0.2, 0) is 4.74 Å². The first-order chi connectivity index (χ1) is 5.79. The molecule has 0 unspecified atom stereocenters. The minimum atomic E-state index is 0.504. The average Bonchev–Trinajstić information content (AvgIpc) is 1.92. The van der Waals surface area contributed by atoms with E-state index in [1.54, 1.807) is 0 Å². The van der Waals surface area contributed by atoms with E-state index in [2.05, 4.69) is 24.3 Å². The molecule has 0 amide bonds. The lowest BCUT2D eigenvalue weighted by Gasteiger charge is -2.27. The minimum Gasteiger partial charge on any atom is -0.376 e. The largest absolute Gasteiger partial charge is 0.376 e. The van der Waals surface area contributed by atoms with Gasteiger partial charge in [0.15, 0.2) is 0 Å². The molecule has 1 heterocycles. The van der Waals surface area contributed by atoms with E-state index in [0.29, 0.717) is 6.10 Å². The maximum Gasteiger partial charge on any atom is 0.0823 e. The molecule has 1 N–H and O–H groups in total. The summed E-state index contributed by atoms with van der Waals surface area (Å²) in [6.07, 6.45) is 2.94. The van der Waals surface area contributed by atoms with Gasteiger partial charge in [0.05, 0.1) is 6.10 Å². The van der Waals surface area contributed by atoms with E-state index < -0.39 is 0 Å². The molecule has 1 saturated heterocycles. The van der Waals surface area contributed by atoms with E-state index in [0.717, 1.165) is 19.7 Å². The quantitative estimate of drug-likeness (QED) is 0.584. The first-order valence-electron chi connectivity index (χ1n) is 4.76. The van der Waals surface area contributed by atoms with Crippen molar-refractivity contribution in [2.45, 2.75) is 18.9 Å². The molecule has 0 atom stereocenters. The molecular weight excluding hydrogens is 152 g/mol. The smallest absolute Gasteiger partial charge is 0.0823 e. The number of hydrogen-bond donors (Lipinski definition) is 1. The Labute approximate surface area is 75.1 Å². The predicted molar refractivity (Wildman–Crippen MR) is 50.4 cm³/mol. The van der Waals surface area contributed by atoms with Crippen LogP contribution in [0.5, 0.6) is 0 Å². The summed E-state index contributed by atoms with van der Waals surface area (Å²) in [5.41, 5.74) is 0. The zero-order chi connectivity index (χ0) is 8.81. The summed E-state index contributed by atoms with van der Waals surface area (Å²) in [7, 11) is 4.22. The number of hydrogen-bond acceptors (Lipinski definition) is 3. The summed E-state index contributed by atoms with van der Waals surface area (Å²) >= 11 is 0. The molecular formula is C9H20N2O. The highest BCUT2D eigenvalue weighted by Gasteiger charge is 2.15. The molecule has 72 valence electrons. The maximum atomic E-state index is 5.58. The lowest BCUT2D eigenvalue weighted by molar-refractivity contribution is 0.0166. The molecule has 0 aromatic heterocycles. The van der Waals surface area contributed by atoms with Crippen LogP contribution in [0.15, 0.2) is 0 Å². The average molecular weight is 172 g/mol. The van der Waals surface area contributed by atoms with Gasteiger partial charge in [0.2, 0.25) is 0 Å². The Balaban J connectivity index is 1.76. The summed E-state index contributed by atoms with van der Waals surface area (Å²) in [5, 5.41) is 3.19. The van der Waals surface area contributed by atoms with Crippen LogP contribution in [0.1, 0.15) is 12.8 Å². The molecule has 1 rings (SSSR count). The molecule has 1 aliphatic rings. The van der Waals surface area contributed by atoms with Crippen molar-refractivity contribution in [2.24, 2.45) is 0 Å². The van der Waals surface area contributed by atoms with Crippen molar-refractivity contribution >= 4 is 0 Å². The van der Waals surface area contributed by atoms with Gasteiger partial charge in [0, 0.05) is 19.7 Å². The van der Waals surface area contributed by atoms with Crippen LogP contribution in [0.2, 0.25) is 0 Å². The maximum absolute atomic E-state index is 5.58. The van der Waals surface area contributed by atoms with Crippen molar-refractivity contribution in [3.8, 4) is 0 Å². The third-order valence-electron chi connectivity index (χ3n) is 2.10. The third kappa shape index (κ3) is 4.04. The van der Waals surface area contributed by atoms with Gasteiger partial charge in [-0.15, -0.1) is 0 Å². The molecule has 3 heteroatoms. The van der Waals surface area contributed by atoms with E-state index in [9.17, 15) is 0 Å². The molecule has 0 aromatic carbocycles. The Morgan fingerprint density at radius 1 is 1.33 bits per heavy atom. The van der Waals surface area contributed by atoms with Gasteiger partial charge >= 0.3 is 0 Å². The molecule has 1 fully saturated rings. The third-order valence-corrected chi connectivity index (χ3v) is 2.10. The monoisotopic (exact) mass is 172 g/mol. The van der Waals surface area contributed by atoms with Crippen LogP contribution < -0.4 is 5.32 Å². The normalized spacial score (nSPS) is 18.2. The highest BCUT2D eigenvalue weighted by Crippen LogP contribution is 2.00. The van der Waals surface area contributed by atoms with Crippen molar-refractivity contribution in [2.75, 3.05) is 40.3 Å². The molecule has 0 bridgehead atoms. The van der Waals surface area contributed by atoms with Crippen molar-refractivity contribution in [1.82, 2.24) is 10.2 Å². The molecule has 1 aliphatic heterocycles. The van der Waals surface area contributed by atoms with Crippen molar-refractivity contribution in [3.63, 3.8) is 0 Å². The summed E-state index contributed by atoms with van der Waals surface area (Å²) in [5.74, 6) is 0. The lowest BCUT2D eigenvalue weighted by Crippen LogP contribution is -2.48. The fraction of sp³-hybridized carbons (Fsp3) is 1.00. The van der Waals surface area contributed by atoms with Gasteiger partial charge in [0.25, 0.3) is 0 Å². The number of rotatable bonds is 6. The number of unbranched alkanes of at least 4 members (excludes halogenated alkanes) is 1. The van der Waals surface area contributed by atoms with Crippen molar-refractivity contribution in [1.29, 1.82) is 0 Å². The fourth-order valence-corrected chi connectivity index (χ4v) is 1.16. The Kier molecular flexibility index (Phi) is 4.58. The molecule has 0 saturated carbocycles. The van der Waals surface area contributed by atoms with Gasteiger partial charge in [0.1, 0.15) is 0 Å². The lowest BCUT2D eigenvalue weighted by atomic mass is 10.2.